The molecule has 0 aliphatic rings. The Morgan fingerprint density at radius 3 is 2.63 bits per heavy atom. The smallest absolute Gasteiger partial charge is 0.436 e. The maximum absolute atomic E-state index is 12.5. The van der Waals surface area contributed by atoms with Crippen LogP contribution in [0.2, 0.25) is 5.02 Å². The van der Waals surface area contributed by atoms with Crippen LogP contribution in [0.1, 0.15) is 5.69 Å². The van der Waals surface area contributed by atoms with E-state index in [2.05, 4.69) is 20.3 Å². The fourth-order valence-corrected chi connectivity index (χ4v) is 2.42. The maximum atomic E-state index is 12.5. The number of nitrogens with one attached hydrogen (secondary N) is 2. The first-order valence-electron chi connectivity index (χ1n) is 7.31. The average Bonchev–Trinajstić information content (AvgIpc) is 3.26. The number of carbonyl (C=O) groups is 1. The van der Waals surface area contributed by atoms with Gasteiger partial charge >= 0.3 is 12.2 Å². The molecule has 2 heterocycles. The molecule has 3 rings (SSSR count). The summed E-state index contributed by atoms with van der Waals surface area (Å²) in [5.41, 5.74) is -0.574. The van der Waals surface area contributed by atoms with E-state index in [0.717, 1.165) is 0 Å². The minimum atomic E-state index is -4.68. The van der Waals surface area contributed by atoms with E-state index in [0.29, 0.717) is 23.1 Å². The summed E-state index contributed by atoms with van der Waals surface area (Å²) in [6, 6.07) is 5.96. The molecule has 0 aliphatic heterocycles. The Morgan fingerprint density at radius 2 is 2.04 bits per heavy atom. The van der Waals surface area contributed by atoms with Crippen LogP contribution in [0.15, 0.2) is 45.5 Å². The molecule has 1 aromatic carbocycles. The highest BCUT2D eigenvalue weighted by molar-refractivity contribution is 6.32. The van der Waals surface area contributed by atoms with Crippen LogP contribution in [-0.4, -0.2) is 18.3 Å². The van der Waals surface area contributed by atoms with Crippen LogP contribution >= 0.6 is 11.6 Å². The lowest BCUT2D eigenvalue weighted by Gasteiger charge is -2.13. The molecule has 2 amide bonds. The Bertz CT molecular complexity index is 954. The number of rotatable bonds is 4. The van der Waals surface area contributed by atoms with Crippen molar-refractivity contribution in [1.29, 1.82) is 0 Å². The van der Waals surface area contributed by atoms with Crippen molar-refractivity contribution < 1.29 is 31.6 Å². The third kappa shape index (κ3) is 4.17. The largest absolute Gasteiger partial charge is 0.495 e. The molecular formula is C16H11ClF3N3O4. The van der Waals surface area contributed by atoms with Gasteiger partial charge in [-0.15, -0.1) is 0 Å². The summed E-state index contributed by atoms with van der Waals surface area (Å²) in [6.07, 6.45) is -3.25. The van der Waals surface area contributed by atoms with E-state index in [4.69, 9.17) is 20.8 Å². The van der Waals surface area contributed by atoms with E-state index < -0.39 is 23.8 Å². The summed E-state index contributed by atoms with van der Waals surface area (Å²) in [7, 11) is 1.43. The molecule has 11 heteroatoms. The molecule has 0 saturated heterocycles. The maximum Gasteiger partial charge on any atom is 0.436 e. The molecule has 2 N–H and O–H groups in total. The van der Waals surface area contributed by atoms with Gasteiger partial charge < -0.3 is 19.0 Å². The number of halogens is 4. The minimum absolute atomic E-state index is 0.210. The van der Waals surface area contributed by atoms with E-state index >= 15 is 0 Å². The molecule has 0 unspecified atom stereocenters. The normalized spacial score (nSPS) is 11.3. The zero-order valence-electron chi connectivity index (χ0n) is 13.6. The molecule has 3 aromatic rings. The van der Waals surface area contributed by atoms with Crippen molar-refractivity contribution in [3.63, 3.8) is 0 Å². The number of ether oxygens (including phenoxy) is 1. The van der Waals surface area contributed by atoms with Crippen LogP contribution in [0.5, 0.6) is 5.75 Å². The van der Waals surface area contributed by atoms with Crippen molar-refractivity contribution in [1.82, 2.24) is 5.16 Å². The summed E-state index contributed by atoms with van der Waals surface area (Å²) in [6.45, 7) is 0. The van der Waals surface area contributed by atoms with Gasteiger partial charge in [0.05, 0.1) is 24.1 Å². The highest BCUT2D eigenvalue weighted by Crippen LogP contribution is 2.37. The predicted octanol–water partition coefficient (Wildman–Crippen LogP) is 5.26. The number of carbonyl (C=O) groups excluding carboxylic acids is 1. The van der Waals surface area contributed by atoms with Gasteiger partial charge in [0.2, 0.25) is 5.88 Å². The van der Waals surface area contributed by atoms with Crippen LogP contribution in [0.25, 0.3) is 11.3 Å². The standard InChI is InChI=1S/C16H11ClF3N3O4/c1-25-12-5-8(11-3-2-4-26-11)10(6-9(12)17)21-15(24)22-14-7-13(23-27-14)16(18,19)20/h2-7H,1H3,(H2,21,22,24). The summed E-state index contributed by atoms with van der Waals surface area (Å²) in [4.78, 5) is 12.1. The lowest BCUT2D eigenvalue weighted by molar-refractivity contribution is -0.142. The van der Waals surface area contributed by atoms with Crippen molar-refractivity contribution in [3.8, 4) is 17.1 Å². The van der Waals surface area contributed by atoms with Crippen LogP contribution in [0, 0.1) is 0 Å². The molecule has 27 heavy (non-hydrogen) atoms. The molecule has 0 fully saturated rings. The van der Waals surface area contributed by atoms with E-state index in [1.807, 2.05) is 0 Å². The van der Waals surface area contributed by atoms with E-state index in [1.54, 1.807) is 18.2 Å². The Labute approximate surface area is 155 Å². The van der Waals surface area contributed by atoms with Gasteiger partial charge in [-0.3, -0.25) is 5.32 Å². The molecule has 0 spiro atoms. The van der Waals surface area contributed by atoms with Gasteiger partial charge in [0.25, 0.3) is 0 Å². The molecule has 0 bridgehead atoms. The van der Waals surface area contributed by atoms with E-state index in [1.165, 1.54) is 19.4 Å². The van der Waals surface area contributed by atoms with Crippen LogP contribution in [0.3, 0.4) is 0 Å². The van der Waals surface area contributed by atoms with Gasteiger partial charge in [-0.05, 0) is 24.3 Å². The van der Waals surface area contributed by atoms with Crippen molar-refractivity contribution in [2.24, 2.45) is 0 Å². The first kappa shape index (κ1) is 18.6. The lowest BCUT2D eigenvalue weighted by atomic mass is 10.1. The number of alkyl halides is 3. The van der Waals surface area contributed by atoms with Crippen molar-refractivity contribution in [3.05, 3.63) is 47.3 Å². The first-order chi connectivity index (χ1) is 12.8. The van der Waals surface area contributed by atoms with Gasteiger partial charge in [-0.25, -0.2) is 4.79 Å². The van der Waals surface area contributed by atoms with Crippen LogP contribution in [-0.2, 0) is 6.18 Å². The summed E-state index contributed by atoms with van der Waals surface area (Å²) < 4.78 is 52.5. The zero-order valence-corrected chi connectivity index (χ0v) is 14.3. The number of benzene rings is 1. The van der Waals surface area contributed by atoms with Crippen LogP contribution in [0.4, 0.5) is 29.5 Å². The number of hydrogen-bond acceptors (Lipinski definition) is 5. The summed E-state index contributed by atoms with van der Waals surface area (Å²) >= 11 is 6.08. The summed E-state index contributed by atoms with van der Waals surface area (Å²) in [5.74, 6) is 0.289. The predicted molar refractivity (Wildman–Crippen MR) is 89.9 cm³/mol. The van der Waals surface area contributed by atoms with Gasteiger partial charge in [0.15, 0.2) is 5.69 Å². The van der Waals surface area contributed by atoms with Crippen molar-refractivity contribution in [2.45, 2.75) is 6.18 Å². The number of hydrogen-bond donors (Lipinski definition) is 2. The fraction of sp³-hybridized carbons (Fsp3) is 0.125. The first-order valence-corrected chi connectivity index (χ1v) is 7.69. The topological polar surface area (TPSA) is 89.5 Å². The Morgan fingerprint density at radius 1 is 1.26 bits per heavy atom. The number of urea groups is 1. The third-order valence-corrected chi connectivity index (χ3v) is 3.66. The Kier molecular flexibility index (Phi) is 5.00. The third-order valence-electron chi connectivity index (χ3n) is 3.36. The van der Waals surface area contributed by atoms with E-state index in [-0.39, 0.29) is 10.7 Å². The molecule has 0 aliphatic carbocycles. The molecular weight excluding hydrogens is 391 g/mol. The fourth-order valence-electron chi connectivity index (χ4n) is 2.18. The van der Waals surface area contributed by atoms with E-state index in [9.17, 15) is 18.0 Å². The number of methoxy groups -OCH3 is 1. The van der Waals surface area contributed by atoms with Gasteiger partial charge in [0.1, 0.15) is 11.5 Å². The molecule has 0 saturated carbocycles. The number of aromatic nitrogens is 1. The van der Waals surface area contributed by atoms with Gasteiger partial charge in [0, 0.05) is 11.6 Å². The molecule has 2 aromatic heterocycles. The number of furan rings is 1. The number of nitrogens with zero attached hydrogens (tertiary/aromatic N) is 1. The second kappa shape index (κ2) is 7.23. The average molecular weight is 402 g/mol. The van der Waals surface area contributed by atoms with Crippen molar-refractivity contribution in [2.75, 3.05) is 17.7 Å². The van der Waals surface area contributed by atoms with Crippen molar-refractivity contribution >= 4 is 29.2 Å². The minimum Gasteiger partial charge on any atom is -0.495 e. The highest BCUT2D eigenvalue weighted by Gasteiger charge is 2.35. The quantitative estimate of drug-likeness (QED) is 0.622. The summed E-state index contributed by atoms with van der Waals surface area (Å²) in [5, 5.41) is 7.65. The molecule has 7 nitrogen and oxygen atoms in total. The zero-order chi connectivity index (χ0) is 19.6. The van der Waals surface area contributed by atoms with Gasteiger partial charge in [-0.1, -0.05) is 16.8 Å². The number of amides is 2. The van der Waals surface area contributed by atoms with Crippen LogP contribution < -0.4 is 15.4 Å². The second-order valence-corrected chi connectivity index (χ2v) is 5.57. The monoisotopic (exact) mass is 401 g/mol. The molecule has 142 valence electrons. The second-order valence-electron chi connectivity index (χ2n) is 5.16. The highest BCUT2D eigenvalue weighted by atomic mass is 35.5. The SMILES string of the molecule is COc1cc(-c2ccco2)c(NC(=O)Nc2cc(C(F)(F)F)no2)cc1Cl. The Hall–Kier alpha value is -3.14. The number of anilines is 2. The molecule has 0 atom stereocenters. The molecule has 0 radical (unpaired) electrons. The van der Waals surface area contributed by atoms with Gasteiger partial charge in [-0.2, -0.15) is 13.2 Å². The Balaban J connectivity index is 1.83. The lowest BCUT2D eigenvalue weighted by Crippen LogP contribution is -2.19.